The van der Waals surface area contributed by atoms with Gasteiger partial charge in [-0.15, -0.1) is 0 Å². The smallest absolute Gasteiger partial charge is 0.227 e. The first-order valence-electron chi connectivity index (χ1n) is 8.00. The molecule has 0 radical (unpaired) electrons. The number of hydrogen-bond acceptors (Lipinski definition) is 3. The number of anilines is 1. The van der Waals surface area contributed by atoms with Gasteiger partial charge in [-0.05, 0) is 30.4 Å². The summed E-state index contributed by atoms with van der Waals surface area (Å²) in [5.74, 6) is 1.04. The molecule has 2 N–H and O–H groups in total. The molecule has 0 aromatic heterocycles. The molecular weight excluding hydrogens is 308 g/mol. The summed E-state index contributed by atoms with van der Waals surface area (Å²) >= 11 is 1.83. The topological polar surface area (TPSA) is 56.7 Å². The van der Waals surface area contributed by atoms with Gasteiger partial charge in [-0.1, -0.05) is 19.1 Å². The molecule has 1 aromatic rings. The lowest BCUT2D eigenvalue weighted by molar-refractivity contribution is -0.117. The summed E-state index contributed by atoms with van der Waals surface area (Å²) in [5, 5.41) is 7.18. The van der Waals surface area contributed by atoms with E-state index >= 15 is 0 Å². The standard InChI is InChI=1S/C17H26N4OS/c1-13(23-3)11-19-17(18-2)20-12-14-6-8-15(9-7-14)21-10-4-5-16(21)22/h6-9,13H,4-5,10-12H2,1-3H3,(H2,18,19,20). The van der Waals surface area contributed by atoms with Crippen LogP contribution in [0.5, 0.6) is 0 Å². The van der Waals surface area contributed by atoms with Gasteiger partial charge in [-0.25, -0.2) is 0 Å². The molecule has 1 unspecified atom stereocenters. The number of carbonyl (C=O) groups is 1. The van der Waals surface area contributed by atoms with E-state index in [0.717, 1.165) is 31.2 Å². The first-order chi connectivity index (χ1) is 11.1. The number of amides is 1. The second-order valence-electron chi connectivity index (χ2n) is 5.67. The predicted molar refractivity (Wildman–Crippen MR) is 99.2 cm³/mol. The molecule has 0 aliphatic carbocycles. The Balaban J connectivity index is 1.84. The van der Waals surface area contributed by atoms with Crippen LogP contribution in [0.4, 0.5) is 5.69 Å². The fourth-order valence-corrected chi connectivity index (χ4v) is 2.70. The van der Waals surface area contributed by atoms with Crippen molar-refractivity contribution in [3.8, 4) is 0 Å². The molecule has 0 bridgehead atoms. The lowest BCUT2D eigenvalue weighted by Gasteiger charge is -2.17. The van der Waals surface area contributed by atoms with E-state index in [2.05, 4.69) is 40.9 Å². The van der Waals surface area contributed by atoms with Gasteiger partial charge in [0, 0.05) is 44.0 Å². The first kappa shape index (κ1) is 17.7. The first-order valence-corrected chi connectivity index (χ1v) is 9.29. The number of benzene rings is 1. The number of nitrogens with zero attached hydrogens (tertiary/aromatic N) is 2. The number of aliphatic imine (C=N–C) groups is 1. The van der Waals surface area contributed by atoms with Crippen molar-refractivity contribution in [1.82, 2.24) is 10.6 Å². The summed E-state index contributed by atoms with van der Waals surface area (Å²) in [6.07, 6.45) is 3.73. The summed E-state index contributed by atoms with van der Waals surface area (Å²) < 4.78 is 0. The largest absolute Gasteiger partial charge is 0.355 e. The molecule has 1 fully saturated rings. The molecule has 0 saturated carbocycles. The highest BCUT2D eigenvalue weighted by atomic mass is 32.2. The van der Waals surface area contributed by atoms with E-state index in [1.807, 2.05) is 28.8 Å². The maximum absolute atomic E-state index is 11.8. The lowest BCUT2D eigenvalue weighted by Crippen LogP contribution is -2.39. The Bertz CT molecular complexity index is 544. The Morgan fingerprint density at radius 1 is 1.35 bits per heavy atom. The number of rotatable bonds is 6. The van der Waals surface area contributed by atoms with E-state index < -0.39 is 0 Å². The molecule has 5 nitrogen and oxygen atoms in total. The van der Waals surface area contributed by atoms with Gasteiger partial charge in [0.25, 0.3) is 0 Å². The third-order valence-electron chi connectivity index (χ3n) is 3.96. The van der Waals surface area contributed by atoms with Crippen LogP contribution in [-0.4, -0.2) is 43.5 Å². The molecule has 1 atom stereocenters. The van der Waals surface area contributed by atoms with Crippen LogP contribution in [0.1, 0.15) is 25.3 Å². The van der Waals surface area contributed by atoms with E-state index in [0.29, 0.717) is 18.2 Å². The van der Waals surface area contributed by atoms with E-state index in [-0.39, 0.29) is 5.91 Å². The van der Waals surface area contributed by atoms with Crippen LogP contribution >= 0.6 is 11.8 Å². The van der Waals surface area contributed by atoms with Crippen molar-refractivity contribution < 1.29 is 4.79 Å². The summed E-state index contributed by atoms with van der Waals surface area (Å²) in [5.41, 5.74) is 2.16. The van der Waals surface area contributed by atoms with Crippen LogP contribution in [0.15, 0.2) is 29.3 Å². The number of guanidine groups is 1. The highest BCUT2D eigenvalue weighted by molar-refractivity contribution is 7.99. The zero-order valence-corrected chi connectivity index (χ0v) is 14.9. The molecule has 1 amide bonds. The van der Waals surface area contributed by atoms with Crippen molar-refractivity contribution in [3.63, 3.8) is 0 Å². The number of carbonyl (C=O) groups excluding carboxylic acids is 1. The number of thioether (sulfide) groups is 1. The maximum Gasteiger partial charge on any atom is 0.227 e. The molecule has 2 rings (SSSR count). The fourth-order valence-electron chi connectivity index (χ4n) is 2.45. The van der Waals surface area contributed by atoms with Crippen LogP contribution in [0.2, 0.25) is 0 Å². The van der Waals surface area contributed by atoms with Gasteiger partial charge in [-0.3, -0.25) is 9.79 Å². The van der Waals surface area contributed by atoms with Crippen molar-refractivity contribution >= 4 is 29.3 Å². The van der Waals surface area contributed by atoms with E-state index in [1.165, 1.54) is 5.56 Å². The van der Waals surface area contributed by atoms with Crippen molar-refractivity contribution in [3.05, 3.63) is 29.8 Å². The monoisotopic (exact) mass is 334 g/mol. The minimum absolute atomic E-state index is 0.225. The molecule has 6 heteroatoms. The third-order valence-corrected chi connectivity index (χ3v) is 4.94. The Morgan fingerprint density at radius 3 is 2.65 bits per heavy atom. The maximum atomic E-state index is 11.8. The molecule has 1 aliphatic rings. The van der Waals surface area contributed by atoms with Gasteiger partial charge in [0.15, 0.2) is 5.96 Å². The van der Waals surface area contributed by atoms with Crippen molar-refractivity contribution in [1.29, 1.82) is 0 Å². The Morgan fingerprint density at radius 2 is 2.09 bits per heavy atom. The molecule has 1 heterocycles. The van der Waals surface area contributed by atoms with Gasteiger partial charge in [0.2, 0.25) is 5.91 Å². The quantitative estimate of drug-likeness (QED) is 0.619. The third kappa shape index (κ3) is 5.16. The predicted octanol–water partition coefficient (Wildman–Crippen LogP) is 2.23. The van der Waals surface area contributed by atoms with Gasteiger partial charge in [0.05, 0.1) is 0 Å². The van der Waals surface area contributed by atoms with Crippen LogP contribution in [0, 0.1) is 0 Å². The molecule has 1 aliphatic heterocycles. The summed E-state index contributed by atoms with van der Waals surface area (Å²) in [4.78, 5) is 17.8. The average Bonchev–Trinajstić information content (AvgIpc) is 3.01. The lowest BCUT2D eigenvalue weighted by atomic mass is 10.2. The molecule has 126 valence electrons. The van der Waals surface area contributed by atoms with Gasteiger partial charge < -0.3 is 15.5 Å². The highest BCUT2D eigenvalue weighted by Gasteiger charge is 2.21. The Labute approximate surface area is 142 Å². The molecule has 1 aromatic carbocycles. The molecule has 1 saturated heterocycles. The number of hydrogen-bond donors (Lipinski definition) is 2. The Hall–Kier alpha value is -1.69. The van der Waals surface area contributed by atoms with Gasteiger partial charge in [0.1, 0.15) is 0 Å². The Kier molecular flexibility index (Phi) is 6.77. The van der Waals surface area contributed by atoms with Crippen molar-refractivity contribution in [2.45, 2.75) is 31.6 Å². The zero-order valence-electron chi connectivity index (χ0n) is 14.1. The minimum Gasteiger partial charge on any atom is -0.355 e. The van der Waals surface area contributed by atoms with Gasteiger partial charge >= 0.3 is 0 Å². The SMILES string of the molecule is CN=C(NCc1ccc(N2CCCC2=O)cc1)NCC(C)SC. The molecular formula is C17H26N4OS. The molecule has 0 spiro atoms. The second kappa shape index (κ2) is 8.82. The van der Waals surface area contributed by atoms with Crippen LogP contribution in [0.25, 0.3) is 0 Å². The fraction of sp³-hybridized carbons (Fsp3) is 0.529. The number of nitrogens with one attached hydrogen (secondary N) is 2. The van der Waals surface area contributed by atoms with Crippen LogP contribution < -0.4 is 15.5 Å². The normalized spacial score (nSPS) is 16.6. The van der Waals surface area contributed by atoms with Crippen molar-refractivity contribution in [2.75, 3.05) is 31.3 Å². The second-order valence-corrected chi connectivity index (χ2v) is 6.94. The average molecular weight is 334 g/mol. The zero-order chi connectivity index (χ0) is 16.7. The van der Waals surface area contributed by atoms with E-state index in [1.54, 1.807) is 7.05 Å². The van der Waals surface area contributed by atoms with Crippen LogP contribution in [0.3, 0.4) is 0 Å². The molecule has 23 heavy (non-hydrogen) atoms. The summed E-state index contributed by atoms with van der Waals surface area (Å²) in [6, 6.07) is 8.16. The minimum atomic E-state index is 0.225. The van der Waals surface area contributed by atoms with Crippen LogP contribution in [-0.2, 0) is 11.3 Å². The van der Waals surface area contributed by atoms with Crippen molar-refractivity contribution in [2.24, 2.45) is 4.99 Å². The van der Waals surface area contributed by atoms with E-state index in [4.69, 9.17) is 0 Å². The van der Waals surface area contributed by atoms with Gasteiger partial charge in [-0.2, -0.15) is 11.8 Å². The highest BCUT2D eigenvalue weighted by Crippen LogP contribution is 2.21. The van der Waals surface area contributed by atoms with E-state index in [9.17, 15) is 4.79 Å². The summed E-state index contributed by atoms with van der Waals surface area (Å²) in [7, 11) is 1.78. The summed E-state index contributed by atoms with van der Waals surface area (Å²) in [6.45, 7) is 4.61.